The van der Waals surface area contributed by atoms with E-state index in [9.17, 15) is 14.4 Å². The first-order valence-corrected chi connectivity index (χ1v) is 9.60. The van der Waals surface area contributed by atoms with Gasteiger partial charge < -0.3 is 25.2 Å². The molecule has 4 aliphatic rings. The van der Waals surface area contributed by atoms with E-state index in [0.717, 1.165) is 0 Å². The Morgan fingerprint density at radius 3 is 2.44 bits per heavy atom. The summed E-state index contributed by atoms with van der Waals surface area (Å²) < 4.78 is 6.18. The molecule has 4 rings (SSSR count). The third-order valence-corrected chi connectivity index (χ3v) is 6.03. The molecule has 4 atom stereocenters. The number of nitrogens with two attached hydrogens (primary N) is 1. The molecule has 0 saturated carbocycles. The van der Waals surface area contributed by atoms with Crippen molar-refractivity contribution in [3.63, 3.8) is 0 Å². The fourth-order valence-corrected chi connectivity index (χ4v) is 4.92. The summed E-state index contributed by atoms with van der Waals surface area (Å²) in [5, 5.41) is 0. The standard InChI is InChI=1S/C19H28N4O4/c1-18(2,3)10-23-11-19-5-4-12(27-19)13(14(19)16(23)25)15(24)21-6-8-22(9-7-21)17(20)26/h4-5,12-14H,6-11H2,1-3H3,(H2,20,26)/t12-,13+,14-,19-/m0/s1. The van der Waals surface area contributed by atoms with Gasteiger partial charge in [0.2, 0.25) is 11.8 Å². The molecule has 2 N–H and O–H groups in total. The number of rotatable bonds is 2. The number of likely N-dealkylation sites (tertiary alicyclic amines) is 1. The van der Waals surface area contributed by atoms with Crippen molar-refractivity contribution in [2.75, 3.05) is 39.3 Å². The number of urea groups is 1. The fourth-order valence-electron chi connectivity index (χ4n) is 4.92. The predicted molar refractivity (Wildman–Crippen MR) is 97.5 cm³/mol. The van der Waals surface area contributed by atoms with Crippen LogP contribution in [0.3, 0.4) is 0 Å². The Hall–Kier alpha value is -2.09. The smallest absolute Gasteiger partial charge is 0.314 e. The zero-order valence-electron chi connectivity index (χ0n) is 16.2. The average Bonchev–Trinajstić information content (AvgIpc) is 3.21. The molecule has 4 heterocycles. The Kier molecular flexibility index (Phi) is 4.03. The van der Waals surface area contributed by atoms with E-state index in [4.69, 9.17) is 10.5 Å². The lowest BCUT2D eigenvalue weighted by atomic mass is 9.76. The minimum Gasteiger partial charge on any atom is -0.360 e. The zero-order chi connectivity index (χ0) is 19.6. The topological polar surface area (TPSA) is 96.2 Å². The summed E-state index contributed by atoms with van der Waals surface area (Å²) in [6.07, 6.45) is 3.59. The van der Waals surface area contributed by atoms with Crippen molar-refractivity contribution in [1.29, 1.82) is 0 Å². The van der Waals surface area contributed by atoms with E-state index in [1.165, 1.54) is 4.90 Å². The fraction of sp³-hybridized carbons (Fsp3) is 0.737. The summed E-state index contributed by atoms with van der Waals surface area (Å²) in [4.78, 5) is 42.8. The lowest BCUT2D eigenvalue weighted by Gasteiger charge is -2.36. The largest absolute Gasteiger partial charge is 0.360 e. The predicted octanol–water partition coefficient (Wildman–Crippen LogP) is 0.0374. The van der Waals surface area contributed by atoms with E-state index in [-0.39, 0.29) is 23.3 Å². The van der Waals surface area contributed by atoms with E-state index in [0.29, 0.717) is 39.3 Å². The maximum absolute atomic E-state index is 13.3. The van der Waals surface area contributed by atoms with Crippen LogP contribution < -0.4 is 5.73 Å². The van der Waals surface area contributed by atoms with Gasteiger partial charge in [-0.15, -0.1) is 0 Å². The molecule has 4 aliphatic heterocycles. The molecule has 4 amide bonds. The first kappa shape index (κ1) is 18.3. The number of amides is 4. The summed E-state index contributed by atoms with van der Waals surface area (Å²) in [7, 11) is 0. The van der Waals surface area contributed by atoms with Crippen LogP contribution >= 0.6 is 0 Å². The first-order valence-electron chi connectivity index (χ1n) is 9.60. The molecular weight excluding hydrogens is 348 g/mol. The Balaban J connectivity index is 1.51. The van der Waals surface area contributed by atoms with Crippen LogP contribution in [0.15, 0.2) is 12.2 Å². The minimum absolute atomic E-state index is 0.0166. The average molecular weight is 376 g/mol. The Morgan fingerprint density at radius 2 is 1.85 bits per heavy atom. The van der Waals surface area contributed by atoms with Crippen LogP contribution in [0.5, 0.6) is 0 Å². The Labute approximate surface area is 159 Å². The van der Waals surface area contributed by atoms with Crippen molar-refractivity contribution in [2.24, 2.45) is 23.0 Å². The highest BCUT2D eigenvalue weighted by atomic mass is 16.5. The van der Waals surface area contributed by atoms with Crippen LogP contribution in [-0.4, -0.2) is 83.5 Å². The van der Waals surface area contributed by atoms with Gasteiger partial charge >= 0.3 is 6.03 Å². The van der Waals surface area contributed by atoms with Crippen LogP contribution in [0, 0.1) is 17.3 Å². The highest BCUT2D eigenvalue weighted by Gasteiger charge is 2.67. The third kappa shape index (κ3) is 2.90. The van der Waals surface area contributed by atoms with Crippen molar-refractivity contribution in [3.05, 3.63) is 12.2 Å². The number of primary amides is 1. The second-order valence-corrected chi connectivity index (χ2v) is 9.31. The van der Waals surface area contributed by atoms with Gasteiger partial charge in [0.15, 0.2) is 0 Å². The maximum atomic E-state index is 13.3. The number of nitrogens with zero attached hydrogens (tertiary/aromatic N) is 3. The second-order valence-electron chi connectivity index (χ2n) is 9.31. The van der Waals surface area contributed by atoms with Crippen molar-refractivity contribution < 1.29 is 19.1 Å². The number of hydrogen-bond donors (Lipinski definition) is 1. The number of hydrogen-bond acceptors (Lipinski definition) is 4. The minimum atomic E-state index is -0.664. The van der Waals surface area contributed by atoms with Gasteiger partial charge in [0.05, 0.1) is 24.5 Å². The van der Waals surface area contributed by atoms with Crippen LogP contribution in [0.1, 0.15) is 20.8 Å². The molecule has 0 aromatic carbocycles. The summed E-state index contributed by atoms with van der Waals surface area (Å²) in [5.74, 6) is -0.957. The number of ether oxygens (including phenoxy) is 1. The van der Waals surface area contributed by atoms with Gasteiger partial charge in [-0.2, -0.15) is 0 Å². The Bertz CT molecular complexity index is 707. The van der Waals surface area contributed by atoms with E-state index in [2.05, 4.69) is 20.8 Å². The molecule has 148 valence electrons. The second kappa shape index (κ2) is 5.95. The molecule has 0 aromatic rings. The molecular formula is C19H28N4O4. The SMILES string of the molecule is CC(C)(C)CN1C[C@]23C=C[C@H](O2)[C@@H](C(=O)N2CCN(C(N)=O)CC2)[C@H]3C1=O. The highest BCUT2D eigenvalue weighted by Crippen LogP contribution is 2.52. The van der Waals surface area contributed by atoms with E-state index in [1.54, 1.807) is 4.90 Å². The highest BCUT2D eigenvalue weighted by molar-refractivity contribution is 5.93. The number of carbonyl (C=O) groups is 3. The number of fused-ring (bicyclic) bond motifs is 1. The molecule has 8 nitrogen and oxygen atoms in total. The molecule has 0 radical (unpaired) electrons. The lowest BCUT2D eigenvalue weighted by molar-refractivity contribution is -0.144. The van der Waals surface area contributed by atoms with E-state index in [1.807, 2.05) is 17.1 Å². The first-order chi connectivity index (χ1) is 12.6. The summed E-state index contributed by atoms with van der Waals surface area (Å²) >= 11 is 0. The van der Waals surface area contributed by atoms with Gasteiger partial charge in [0, 0.05) is 32.7 Å². The van der Waals surface area contributed by atoms with Gasteiger partial charge in [0.1, 0.15) is 5.60 Å². The van der Waals surface area contributed by atoms with E-state index < -0.39 is 23.5 Å². The quantitative estimate of drug-likeness (QED) is 0.688. The normalized spacial score (nSPS) is 35.1. The molecule has 0 aromatic heterocycles. The molecule has 1 spiro atoms. The number of piperazine rings is 1. The number of carbonyl (C=O) groups excluding carboxylic acids is 3. The van der Waals surface area contributed by atoms with Gasteiger partial charge in [-0.3, -0.25) is 9.59 Å². The van der Waals surface area contributed by atoms with Gasteiger partial charge in [-0.1, -0.05) is 32.9 Å². The van der Waals surface area contributed by atoms with Gasteiger partial charge in [-0.25, -0.2) is 4.79 Å². The molecule has 3 saturated heterocycles. The Morgan fingerprint density at radius 1 is 1.22 bits per heavy atom. The summed E-state index contributed by atoms with van der Waals surface area (Å²) in [6.45, 7) is 9.18. The molecule has 8 heteroatoms. The molecule has 2 bridgehead atoms. The maximum Gasteiger partial charge on any atom is 0.314 e. The van der Waals surface area contributed by atoms with Crippen molar-refractivity contribution in [1.82, 2.24) is 14.7 Å². The van der Waals surface area contributed by atoms with Crippen LogP contribution in [0.4, 0.5) is 4.79 Å². The van der Waals surface area contributed by atoms with Crippen molar-refractivity contribution in [2.45, 2.75) is 32.5 Å². The summed E-state index contributed by atoms with van der Waals surface area (Å²) in [5.41, 5.74) is 4.64. The van der Waals surface area contributed by atoms with Crippen molar-refractivity contribution >= 4 is 17.8 Å². The van der Waals surface area contributed by atoms with Crippen LogP contribution in [-0.2, 0) is 14.3 Å². The van der Waals surface area contributed by atoms with Gasteiger partial charge in [0.25, 0.3) is 0 Å². The van der Waals surface area contributed by atoms with Crippen LogP contribution in [0.2, 0.25) is 0 Å². The van der Waals surface area contributed by atoms with Crippen molar-refractivity contribution in [3.8, 4) is 0 Å². The zero-order valence-corrected chi connectivity index (χ0v) is 16.2. The monoisotopic (exact) mass is 376 g/mol. The molecule has 3 fully saturated rings. The van der Waals surface area contributed by atoms with E-state index >= 15 is 0 Å². The summed E-state index contributed by atoms with van der Waals surface area (Å²) in [6, 6.07) is -0.462. The third-order valence-electron chi connectivity index (χ3n) is 6.03. The van der Waals surface area contributed by atoms with Gasteiger partial charge in [-0.05, 0) is 5.41 Å². The lowest BCUT2D eigenvalue weighted by Crippen LogP contribution is -2.55. The van der Waals surface area contributed by atoms with Crippen LogP contribution in [0.25, 0.3) is 0 Å². The molecule has 0 unspecified atom stereocenters. The molecule has 0 aliphatic carbocycles. The molecule has 27 heavy (non-hydrogen) atoms.